The van der Waals surface area contributed by atoms with Crippen molar-refractivity contribution in [3.8, 4) is 23.7 Å². The number of aromatic nitrogens is 3. The third-order valence-electron chi connectivity index (χ3n) is 3.21. The molecule has 0 N–H and O–H groups in total. The Morgan fingerprint density at radius 2 is 2.00 bits per heavy atom. The monoisotopic (exact) mass is 327 g/mol. The van der Waals surface area contributed by atoms with Gasteiger partial charge in [-0.15, -0.1) is 6.42 Å². The first-order valence-corrected chi connectivity index (χ1v) is 7.30. The zero-order valence-electron chi connectivity index (χ0n) is 11.5. The zero-order valence-corrected chi connectivity index (χ0v) is 13.0. The molecule has 0 amide bonds. The number of imidazole rings is 1. The summed E-state index contributed by atoms with van der Waals surface area (Å²) in [7, 11) is 0. The summed E-state index contributed by atoms with van der Waals surface area (Å²) in [5, 5.41) is 1.11. The van der Waals surface area contributed by atoms with Crippen LogP contribution in [0.1, 0.15) is 11.1 Å². The molecule has 5 heteroatoms. The van der Waals surface area contributed by atoms with E-state index in [1.54, 1.807) is 24.7 Å². The lowest BCUT2D eigenvalue weighted by atomic mass is 10.2. The van der Waals surface area contributed by atoms with Crippen LogP contribution in [0, 0.1) is 12.3 Å². The molecular weight excluding hydrogens is 317 g/mol. The van der Waals surface area contributed by atoms with Crippen molar-refractivity contribution in [3.05, 3.63) is 70.2 Å². The number of hydrogen-bond donors (Lipinski definition) is 0. The van der Waals surface area contributed by atoms with Gasteiger partial charge in [0.2, 0.25) is 0 Å². The van der Waals surface area contributed by atoms with Gasteiger partial charge in [-0.2, -0.15) is 0 Å². The second-order valence-corrected chi connectivity index (χ2v) is 5.50. The SMILES string of the molecule is C#Cc1ccnc(-c2cn(Cc3cccc(Cl)c3Cl)cn2)c1. The molecule has 0 bridgehead atoms. The first-order chi connectivity index (χ1) is 10.7. The van der Waals surface area contributed by atoms with Crippen LogP contribution in [0.15, 0.2) is 49.1 Å². The number of halogens is 2. The van der Waals surface area contributed by atoms with Gasteiger partial charge in [-0.25, -0.2) is 4.98 Å². The summed E-state index contributed by atoms with van der Waals surface area (Å²) in [5.41, 5.74) is 3.21. The minimum absolute atomic E-state index is 0.544. The molecule has 0 aliphatic rings. The molecule has 0 aliphatic heterocycles. The van der Waals surface area contributed by atoms with Gasteiger partial charge in [-0.1, -0.05) is 41.3 Å². The Labute approximate surface area is 138 Å². The molecule has 3 rings (SSSR count). The van der Waals surface area contributed by atoms with Gasteiger partial charge in [0.25, 0.3) is 0 Å². The summed E-state index contributed by atoms with van der Waals surface area (Å²) in [6.07, 6.45) is 10.7. The maximum atomic E-state index is 6.21. The molecule has 108 valence electrons. The summed E-state index contributed by atoms with van der Waals surface area (Å²) in [5.74, 6) is 2.59. The number of pyridine rings is 1. The molecule has 3 nitrogen and oxygen atoms in total. The molecular formula is C17H11Cl2N3. The molecule has 0 fully saturated rings. The van der Waals surface area contributed by atoms with E-state index < -0.39 is 0 Å². The molecule has 0 unspecified atom stereocenters. The lowest BCUT2D eigenvalue weighted by Gasteiger charge is -2.06. The highest BCUT2D eigenvalue weighted by Gasteiger charge is 2.08. The van der Waals surface area contributed by atoms with Crippen LogP contribution in [0.4, 0.5) is 0 Å². The van der Waals surface area contributed by atoms with Crippen LogP contribution in [0.3, 0.4) is 0 Å². The Bertz CT molecular complexity index is 862. The van der Waals surface area contributed by atoms with E-state index in [2.05, 4.69) is 15.9 Å². The number of rotatable bonds is 3. The van der Waals surface area contributed by atoms with Crippen LogP contribution in [-0.2, 0) is 6.54 Å². The zero-order chi connectivity index (χ0) is 15.5. The Morgan fingerprint density at radius 3 is 2.82 bits per heavy atom. The quantitative estimate of drug-likeness (QED) is 0.672. The molecule has 2 aromatic heterocycles. The van der Waals surface area contributed by atoms with Crippen molar-refractivity contribution < 1.29 is 0 Å². The third kappa shape index (κ3) is 2.99. The molecule has 22 heavy (non-hydrogen) atoms. The summed E-state index contributed by atoms with van der Waals surface area (Å²) in [6.45, 7) is 0.585. The largest absolute Gasteiger partial charge is 0.332 e. The van der Waals surface area contributed by atoms with Gasteiger partial charge in [0.15, 0.2) is 0 Å². The normalized spacial score (nSPS) is 10.4. The van der Waals surface area contributed by atoms with E-state index in [0.717, 1.165) is 22.5 Å². The highest BCUT2D eigenvalue weighted by molar-refractivity contribution is 6.42. The minimum atomic E-state index is 0.544. The van der Waals surface area contributed by atoms with Gasteiger partial charge in [0, 0.05) is 18.0 Å². The van der Waals surface area contributed by atoms with Crippen LogP contribution in [-0.4, -0.2) is 14.5 Å². The topological polar surface area (TPSA) is 30.7 Å². The second kappa shape index (κ2) is 6.23. The number of terminal acetylenes is 1. The average molecular weight is 328 g/mol. The highest BCUT2D eigenvalue weighted by atomic mass is 35.5. The Kier molecular flexibility index (Phi) is 4.15. The van der Waals surface area contributed by atoms with Crippen molar-refractivity contribution in [1.29, 1.82) is 0 Å². The van der Waals surface area contributed by atoms with Crippen LogP contribution < -0.4 is 0 Å². The average Bonchev–Trinajstić information content (AvgIpc) is 3.00. The van der Waals surface area contributed by atoms with Gasteiger partial charge in [-0.05, 0) is 23.8 Å². The molecule has 0 saturated heterocycles. The Balaban J connectivity index is 1.88. The van der Waals surface area contributed by atoms with E-state index in [9.17, 15) is 0 Å². The van der Waals surface area contributed by atoms with Gasteiger partial charge in [0.1, 0.15) is 5.69 Å². The van der Waals surface area contributed by atoms with Crippen LogP contribution in [0.25, 0.3) is 11.4 Å². The highest BCUT2D eigenvalue weighted by Crippen LogP contribution is 2.26. The molecule has 0 spiro atoms. The first-order valence-electron chi connectivity index (χ1n) is 6.55. The van der Waals surface area contributed by atoms with Crippen LogP contribution in [0.2, 0.25) is 10.0 Å². The number of hydrogen-bond acceptors (Lipinski definition) is 2. The molecule has 1 aromatic carbocycles. The molecule has 2 heterocycles. The molecule has 0 radical (unpaired) electrons. The van der Waals surface area contributed by atoms with Gasteiger partial charge < -0.3 is 4.57 Å². The summed E-state index contributed by atoms with van der Waals surface area (Å²) in [4.78, 5) is 8.66. The van der Waals surface area contributed by atoms with Crippen LogP contribution in [0.5, 0.6) is 0 Å². The number of benzene rings is 1. The first kappa shape index (κ1) is 14.6. The summed E-state index contributed by atoms with van der Waals surface area (Å²) >= 11 is 12.2. The Morgan fingerprint density at radius 1 is 1.14 bits per heavy atom. The van der Waals surface area contributed by atoms with Crippen molar-refractivity contribution in [2.75, 3.05) is 0 Å². The van der Waals surface area contributed by atoms with Crippen molar-refractivity contribution >= 4 is 23.2 Å². The van der Waals surface area contributed by atoms with Crippen LogP contribution >= 0.6 is 23.2 Å². The molecule has 0 aliphatic carbocycles. The van der Waals surface area contributed by atoms with Crippen molar-refractivity contribution in [2.45, 2.75) is 6.54 Å². The Hall–Kier alpha value is -2.28. The smallest absolute Gasteiger partial charge is 0.107 e. The molecule has 0 atom stereocenters. The fraction of sp³-hybridized carbons (Fsp3) is 0.0588. The fourth-order valence-corrected chi connectivity index (χ4v) is 2.49. The second-order valence-electron chi connectivity index (χ2n) is 4.72. The molecule has 3 aromatic rings. The summed E-state index contributed by atoms with van der Waals surface area (Å²) in [6, 6.07) is 9.19. The predicted octanol–water partition coefficient (Wildman–Crippen LogP) is 4.28. The van der Waals surface area contributed by atoms with Gasteiger partial charge in [-0.3, -0.25) is 4.98 Å². The number of nitrogens with zero attached hydrogens (tertiary/aromatic N) is 3. The minimum Gasteiger partial charge on any atom is -0.332 e. The van der Waals surface area contributed by atoms with E-state index in [0.29, 0.717) is 16.6 Å². The molecule has 0 saturated carbocycles. The lowest BCUT2D eigenvalue weighted by molar-refractivity contribution is 0.798. The van der Waals surface area contributed by atoms with Gasteiger partial charge >= 0.3 is 0 Å². The third-order valence-corrected chi connectivity index (χ3v) is 4.06. The lowest BCUT2D eigenvalue weighted by Crippen LogP contribution is -1.97. The van der Waals surface area contributed by atoms with Crippen molar-refractivity contribution in [3.63, 3.8) is 0 Å². The van der Waals surface area contributed by atoms with E-state index in [4.69, 9.17) is 29.6 Å². The maximum absolute atomic E-state index is 6.21. The van der Waals surface area contributed by atoms with Crippen molar-refractivity contribution in [1.82, 2.24) is 14.5 Å². The van der Waals surface area contributed by atoms with E-state index in [1.807, 2.05) is 29.0 Å². The maximum Gasteiger partial charge on any atom is 0.107 e. The van der Waals surface area contributed by atoms with E-state index >= 15 is 0 Å². The van der Waals surface area contributed by atoms with E-state index in [-0.39, 0.29) is 0 Å². The standard InChI is InChI=1S/C17H11Cl2N3/c1-2-12-6-7-20-15(8-12)16-10-22(11-21-16)9-13-4-3-5-14(18)17(13)19/h1,3-8,10-11H,9H2. The predicted molar refractivity (Wildman–Crippen MR) is 89.0 cm³/mol. The van der Waals surface area contributed by atoms with Crippen molar-refractivity contribution in [2.24, 2.45) is 0 Å². The van der Waals surface area contributed by atoms with Gasteiger partial charge in [0.05, 0.1) is 28.6 Å². The van der Waals surface area contributed by atoms with E-state index in [1.165, 1.54) is 0 Å². The fourth-order valence-electron chi connectivity index (χ4n) is 2.11. The summed E-state index contributed by atoms with van der Waals surface area (Å²) < 4.78 is 1.93.